The number of aromatic nitrogens is 4. The van der Waals surface area contributed by atoms with Crippen LogP contribution in [0.1, 0.15) is 17.4 Å². The molecule has 2 amide bonds. The first-order valence-corrected chi connectivity index (χ1v) is 9.36. The molecule has 10 heteroatoms. The Bertz CT molecular complexity index is 1200. The van der Waals surface area contributed by atoms with Gasteiger partial charge in [0.1, 0.15) is 0 Å². The standard InChI is InChI=1S/C18H13ClN6O2S/c1-10(26)20-11-6-7-13-16(8-11)28-18(21-13)22-17(27)14-9-25(24-23-14)15-5-3-2-4-12(15)19/h2-9H,1H3,(H,20,26)(H,21,22,27). The molecule has 2 heterocycles. The van der Waals surface area contributed by atoms with Crippen molar-refractivity contribution >= 4 is 55.8 Å². The van der Waals surface area contributed by atoms with Gasteiger partial charge in [0.2, 0.25) is 5.91 Å². The number of hydrogen-bond acceptors (Lipinski definition) is 6. The summed E-state index contributed by atoms with van der Waals surface area (Å²) >= 11 is 7.44. The Labute approximate surface area is 168 Å². The Hall–Kier alpha value is -3.30. The van der Waals surface area contributed by atoms with Crippen molar-refractivity contribution in [1.82, 2.24) is 20.0 Å². The fourth-order valence-electron chi connectivity index (χ4n) is 2.54. The SMILES string of the molecule is CC(=O)Nc1ccc2nc(NC(=O)c3cn(-c4ccccc4Cl)nn3)sc2c1. The predicted octanol–water partition coefficient (Wildman–Crippen LogP) is 3.74. The number of fused-ring (bicyclic) bond motifs is 1. The Morgan fingerprint density at radius 1 is 1.14 bits per heavy atom. The average molecular weight is 413 g/mol. The number of halogens is 1. The van der Waals surface area contributed by atoms with Gasteiger partial charge in [-0.3, -0.25) is 14.9 Å². The summed E-state index contributed by atoms with van der Waals surface area (Å²) in [4.78, 5) is 28.0. The fraction of sp³-hybridized carbons (Fsp3) is 0.0556. The van der Waals surface area contributed by atoms with Crippen LogP contribution < -0.4 is 10.6 Å². The molecule has 4 aromatic rings. The highest BCUT2D eigenvalue weighted by Gasteiger charge is 2.15. The van der Waals surface area contributed by atoms with Gasteiger partial charge in [-0.25, -0.2) is 9.67 Å². The Balaban J connectivity index is 1.54. The number of amides is 2. The van der Waals surface area contributed by atoms with Crippen LogP contribution in [0.2, 0.25) is 5.02 Å². The Kier molecular flexibility index (Phi) is 4.76. The summed E-state index contributed by atoms with van der Waals surface area (Å²) in [6, 6.07) is 12.5. The minimum atomic E-state index is -0.431. The molecule has 0 atom stereocenters. The lowest BCUT2D eigenvalue weighted by atomic mass is 10.3. The van der Waals surface area contributed by atoms with Gasteiger partial charge in [0, 0.05) is 12.6 Å². The van der Waals surface area contributed by atoms with Gasteiger partial charge in [-0.1, -0.05) is 40.3 Å². The molecular weight excluding hydrogens is 400 g/mol. The van der Waals surface area contributed by atoms with Crippen molar-refractivity contribution < 1.29 is 9.59 Å². The third-order valence-corrected chi connectivity index (χ3v) is 5.01. The van der Waals surface area contributed by atoms with Gasteiger partial charge < -0.3 is 5.32 Å². The van der Waals surface area contributed by atoms with Gasteiger partial charge in [0.05, 0.1) is 27.1 Å². The van der Waals surface area contributed by atoms with Gasteiger partial charge >= 0.3 is 0 Å². The summed E-state index contributed by atoms with van der Waals surface area (Å²) in [6.07, 6.45) is 1.50. The third-order valence-electron chi connectivity index (χ3n) is 3.75. The topological polar surface area (TPSA) is 102 Å². The lowest BCUT2D eigenvalue weighted by molar-refractivity contribution is -0.114. The van der Waals surface area contributed by atoms with E-state index in [-0.39, 0.29) is 11.6 Å². The van der Waals surface area contributed by atoms with Crippen LogP contribution in [-0.2, 0) is 4.79 Å². The number of benzene rings is 2. The first kappa shape index (κ1) is 18.1. The molecule has 0 saturated carbocycles. The molecular formula is C18H13ClN6O2S. The van der Waals surface area contributed by atoms with E-state index in [1.54, 1.807) is 36.4 Å². The summed E-state index contributed by atoms with van der Waals surface area (Å²) < 4.78 is 2.27. The van der Waals surface area contributed by atoms with Crippen molar-refractivity contribution in [3.05, 3.63) is 59.4 Å². The molecule has 0 aliphatic carbocycles. The molecule has 4 rings (SSSR count). The first-order chi connectivity index (χ1) is 13.5. The lowest BCUT2D eigenvalue weighted by Gasteiger charge is -2.01. The number of carbonyl (C=O) groups is 2. The average Bonchev–Trinajstić information content (AvgIpc) is 3.28. The van der Waals surface area contributed by atoms with Gasteiger partial charge in [-0.05, 0) is 30.3 Å². The number of para-hydroxylation sites is 1. The molecule has 0 fully saturated rings. The summed E-state index contributed by atoms with van der Waals surface area (Å²) in [7, 11) is 0. The van der Waals surface area contributed by atoms with E-state index < -0.39 is 5.91 Å². The summed E-state index contributed by atoms with van der Waals surface area (Å²) in [5.74, 6) is -0.585. The molecule has 0 unspecified atom stereocenters. The van der Waals surface area contributed by atoms with Crippen LogP contribution in [0.4, 0.5) is 10.8 Å². The Morgan fingerprint density at radius 2 is 1.96 bits per heavy atom. The van der Waals surface area contributed by atoms with Crippen LogP contribution in [0.15, 0.2) is 48.7 Å². The minimum Gasteiger partial charge on any atom is -0.326 e. The molecule has 8 nitrogen and oxygen atoms in total. The van der Waals surface area contributed by atoms with E-state index >= 15 is 0 Å². The number of carbonyl (C=O) groups excluding carboxylic acids is 2. The van der Waals surface area contributed by atoms with Crippen LogP contribution in [0.25, 0.3) is 15.9 Å². The van der Waals surface area contributed by atoms with E-state index in [0.29, 0.717) is 27.0 Å². The maximum Gasteiger partial charge on any atom is 0.279 e. The lowest BCUT2D eigenvalue weighted by Crippen LogP contribution is -2.12. The molecule has 2 N–H and O–H groups in total. The number of nitrogens with one attached hydrogen (secondary N) is 2. The number of rotatable bonds is 4. The second-order valence-electron chi connectivity index (χ2n) is 5.84. The molecule has 0 radical (unpaired) electrons. The maximum atomic E-state index is 12.5. The number of thiazole rings is 1. The van der Waals surface area contributed by atoms with Gasteiger partial charge in [0.15, 0.2) is 10.8 Å². The van der Waals surface area contributed by atoms with Crippen LogP contribution in [0.3, 0.4) is 0 Å². The Morgan fingerprint density at radius 3 is 2.75 bits per heavy atom. The molecule has 0 aliphatic heterocycles. The fourth-order valence-corrected chi connectivity index (χ4v) is 3.67. The highest BCUT2D eigenvalue weighted by atomic mass is 35.5. The van der Waals surface area contributed by atoms with E-state index in [0.717, 1.165) is 4.70 Å². The van der Waals surface area contributed by atoms with Crippen LogP contribution in [0.5, 0.6) is 0 Å². The molecule has 28 heavy (non-hydrogen) atoms. The van der Waals surface area contributed by atoms with E-state index in [9.17, 15) is 9.59 Å². The van der Waals surface area contributed by atoms with Gasteiger partial charge in [-0.2, -0.15) is 0 Å². The van der Waals surface area contributed by atoms with E-state index in [2.05, 4.69) is 25.9 Å². The molecule has 0 saturated heterocycles. The second kappa shape index (κ2) is 7.37. The maximum absolute atomic E-state index is 12.5. The smallest absolute Gasteiger partial charge is 0.279 e. The number of nitrogens with zero attached hydrogens (tertiary/aromatic N) is 4. The quantitative estimate of drug-likeness (QED) is 0.531. The zero-order valence-electron chi connectivity index (χ0n) is 14.5. The number of hydrogen-bond donors (Lipinski definition) is 2. The van der Waals surface area contributed by atoms with E-state index in [4.69, 9.17) is 11.6 Å². The highest BCUT2D eigenvalue weighted by molar-refractivity contribution is 7.22. The summed E-state index contributed by atoms with van der Waals surface area (Å²) in [5, 5.41) is 14.2. The number of anilines is 2. The summed E-state index contributed by atoms with van der Waals surface area (Å²) in [6.45, 7) is 1.44. The molecule has 0 aliphatic rings. The van der Waals surface area contributed by atoms with Crippen molar-refractivity contribution in [2.45, 2.75) is 6.92 Å². The van der Waals surface area contributed by atoms with Gasteiger partial charge in [-0.15, -0.1) is 5.10 Å². The second-order valence-corrected chi connectivity index (χ2v) is 7.27. The van der Waals surface area contributed by atoms with Crippen LogP contribution in [0, 0.1) is 0 Å². The molecule has 140 valence electrons. The van der Waals surface area contributed by atoms with Gasteiger partial charge in [0.25, 0.3) is 5.91 Å². The predicted molar refractivity (Wildman–Crippen MR) is 108 cm³/mol. The van der Waals surface area contributed by atoms with E-state index in [1.807, 2.05) is 6.07 Å². The van der Waals surface area contributed by atoms with Crippen molar-refractivity contribution in [3.63, 3.8) is 0 Å². The molecule has 0 spiro atoms. The first-order valence-electron chi connectivity index (χ1n) is 8.16. The monoisotopic (exact) mass is 412 g/mol. The van der Waals surface area contributed by atoms with Crippen LogP contribution >= 0.6 is 22.9 Å². The van der Waals surface area contributed by atoms with Crippen molar-refractivity contribution in [2.75, 3.05) is 10.6 Å². The minimum absolute atomic E-state index is 0.137. The molecule has 2 aromatic heterocycles. The van der Waals surface area contributed by atoms with Crippen molar-refractivity contribution in [1.29, 1.82) is 0 Å². The third kappa shape index (κ3) is 3.71. The van der Waals surface area contributed by atoms with Crippen LogP contribution in [-0.4, -0.2) is 31.8 Å². The van der Waals surface area contributed by atoms with Crippen molar-refractivity contribution in [2.24, 2.45) is 0 Å². The molecule has 2 aromatic carbocycles. The highest BCUT2D eigenvalue weighted by Crippen LogP contribution is 2.28. The summed E-state index contributed by atoms with van der Waals surface area (Å²) in [5.41, 5.74) is 2.15. The molecule has 0 bridgehead atoms. The van der Waals surface area contributed by atoms with E-state index in [1.165, 1.54) is 29.1 Å². The normalized spacial score (nSPS) is 10.8. The van der Waals surface area contributed by atoms with Crippen molar-refractivity contribution in [3.8, 4) is 5.69 Å². The zero-order valence-corrected chi connectivity index (χ0v) is 16.1. The largest absolute Gasteiger partial charge is 0.326 e. The zero-order chi connectivity index (χ0) is 19.7.